The van der Waals surface area contributed by atoms with E-state index >= 15 is 0 Å². The number of carboxylic acid groups (broad SMARTS) is 1. The molecule has 2 aromatic carbocycles. The van der Waals surface area contributed by atoms with Crippen LogP contribution < -0.4 is 0 Å². The highest BCUT2D eigenvalue weighted by molar-refractivity contribution is 9.10. The average molecular weight is 416 g/mol. The molecule has 1 heterocycles. The van der Waals surface area contributed by atoms with Gasteiger partial charge in [-0.3, -0.25) is 4.57 Å². The molecule has 0 spiro atoms. The lowest BCUT2D eigenvalue weighted by Crippen LogP contribution is -2.03. The average Bonchev–Trinajstić information content (AvgIpc) is 2.91. The van der Waals surface area contributed by atoms with Crippen molar-refractivity contribution in [2.24, 2.45) is 0 Å². The first kappa shape index (κ1) is 17.8. The van der Waals surface area contributed by atoms with Gasteiger partial charge in [-0.15, -0.1) is 0 Å². The Morgan fingerprint density at radius 3 is 2.46 bits per heavy atom. The van der Waals surface area contributed by atoms with E-state index in [1.54, 1.807) is 35.8 Å². The molecule has 0 amide bonds. The number of carbonyl (C=O) groups is 1. The molecule has 0 saturated carbocycles. The molecule has 0 aliphatic rings. The van der Waals surface area contributed by atoms with E-state index in [1.165, 1.54) is 0 Å². The molecule has 132 valence electrons. The van der Waals surface area contributed by atoms with Crippen LogP contribution in [0, 0.1) is 17.0 Å². The molecule has 3 aromatic rings. The van der Waals surface area contributed by atoms with E-state index in [1.807, 2.05) is 24.3 Å². The van der Waals surface area contributed by atoms with Crippen LogP contribution in [0.2, 0.25) is 0 Å². The quantitative estimate of drug-likeness (QED) is 0.495. The summed E-state index contributed by atoms with van der Waals surface area (Å²) in [5.41, 5.74) is 2.59. The van der Waals surface area contributed by atoms with Crippen LogP contribution in [0.25, 0.3) is 11.1 Å². The standard InChI is InChI=1S/C18H14BrN3O4/c1-11-20-17(22(25)26)16(19)21(11)10-12-6-8-13(9-7-12)14-4-2-3-5-15(14)18(23)24/h2-9H,10H2,1H3,(H,23,24). The molecule has 0 fully saturated rings. The maximum Gasteiger partial charge on any atom is 0.396 e. The van der Waals surface area contributed by atoms with E-state index in [4.69, 9.17) is 0 Å². The zero-order valence-electron chi connectivity index (χ0n) is 13.7. The first-order valence-electron chi connectivity index (χ1n) is 7.67. The molecule has 7 nitrogen and oxygen atoms in total. The number of hydrogen-bond donors (Lipinski definition) is 1. The second-order valence-corrected chi connectivity index (χ2v) is 6.42. The molecule has 0 unspecified atom stereocenters. The SMILES string of the molecule is Cc1nc([N+](=O)[O-])c(Br)n1Cc1ccc(-c2ccccc2C(=O)O)cc1. The number of aryl methyl sites for hydroxylation is 1. The minimum absolute atomic E-state index is 0.213. The Labute approximate surface area is 157 Å². The van der Waals surface area contributed by atoms with Gasteiger partial charge in [0.1, 0.15) is 0 Å². The third-order valence-electron chi connectivity index (χ3n) is 4.02. The summed E-state index contributed by atoms with van der Waals surface area (Å²) in [7, 11) is 0. The number of rotatable bonds is 5. The number of hydrogen-bond acceptors (Lipinski definition) is 4. The van der Waals surface area contributed by atoms with Gasteiger partial charge in [0.25, 0.3) is 0 Å². The van der Waals surface area contributed by atoms with Crippen LogP contribution in [0.1, 0.15) is 21.7 Å². The van der Waals surface area contributed by atoms with Gasteiger partial charge in [-0.2, -0.15) is 0 Å². The van der Waals surface area contributed by atoms with Gasteiger partial charge < -0.3 is 15.2 Å². The molecule has 8 heteroatoms. The number of benzene rings is 2. The second-order valence-electron chi connectivity index (χ2n) is 5.66. The molecule has 0 radical (unpaired) electrons. The highest BCUT2D eigenvalue weighted by Gasteiger charge is 2.23. The monoisotopic (exact) mass is 415 g/mol. The van der Waals surface area contributed by atoms with Crippen molar-refractivity contribution in [2.45, 2.75) is 13.5 Å². The van der Waals surface area contributed by atoms with Crippen molar-refractivity contribution in [3.8, 4) is 11.1 Å². The van der Waals surface area contributed by atoms with Crippen LogP contribution in [-0.2, 0) is 6.54 Å². The largest absolute Gasteiger partial charge is 0.478 e. The van der Waals surface area contributed by atoms with Crippen molar-refractivity contribution in [3.63, 3.8) is 0 Å². The van der Waals surface area contributed by atoms with E-state index in [0.29, 0.717) is 22.5 Å². The van der Waals surface area contributed by atoms with Crippen molar-refractivity contribution >= 4 is 27.7 Å². The predicted molar refractivity (Wildman–Crippen MR) is 99.3 cm³/mol. The summed E-state index contributed by atoms with van der Waals surface area (Å²) < 4.78 is 2.03. The van der Waals surface area contributed by atoms with Crippen molar-refractivity contribution in [3.05, 3.63) is 80.2 Å². The van der Waals surface area contributed by atoms with Crippen LogP contribution >= 0.6 is 15.9 Å². The van der Waals surface area contributed by atoms with Gasteiger partial charge in [0.2, 0.25) is 5.82 Å². The van der Waals surface area contributed by atoms with E-state index in [0.717, 1.165) is 11.1 Å². The van der Waals surface area contributed by atoms with Crippen LogP contribution in [0.5, 0.6) is 0 Å². The van der Waals surface area contributed by atoms with Crippen LogP contribution in [-0.4, -0.2) is 25.6 Å². The van der Waals surface area contributed by atoms with Gasteiger partial charge >= 0.3 is 11.8 Å². The number of nitro groups is 1. The second kappa shape index (κ2) is 7.09. The highest BCUT2D eigenvalue weighted by Crippen LogP contribution is 2.28. The number of halogens is 1. The number of aromatic carboxylic acids is 1. The molecule has 0 saturated heterocycles. The molecule has 3 rings (SSSR count). The van der Waals surface area contributed by atoms with Crippen LogP contribution in [0.4, 0.5) is 5.82 Å². The first-order valence-corrected chi connectivity index (χ1v) is 8.46. The van der Waals surface area contributed by atoms with Crippen molar-refractivity contribution in [1.82, 2.24) is 9.55 Å². The third-order valence-corrected chi connectivity index (χ3v) is 4.80. The van der Waals surface area contributed by atoms with Gasteiger partial charge in [-0.1, -0.05) is 42.5 Å². The van der Waals surface area contributed by atoms with Crippen molar-refractivity contribution in [2.75, 3.05) is 0 Å². The molecule has 0 aliphatic carbocycles. The summed E-state index contributed by atoms with van der Waals surface area (Å²) >= 11 is 3.23. The summed E-state index contributed by atoms with van der Waals surface area (Å²) in [6, 6.07) is 14.2. The van der Waals surface area contributed by atoms with Gasteiger partial charge in [-0.05, 0) is 48.6 Å². The Kier molecular flexibility index (Phi) is 4.85. The minimum Gasteiger partial charge on any atom is -0.478 e. The first-order chi connectivity index (χ1) is 12.4. The normalized spacial score (nSPS) is 10.7. The molecule has 0 atom stereocenters. The Bertz CT molecular complexity index is 996. The van der Waals surface area contributed by atoms with E-state index in [-0.39, 0.29) is 11.4 Å². The molecule has 1 N–H and O–H groups in total. The number of nitrogens with zero attached hydrogens (tertiary/aromatic N) is 3. The minimum atomic E-state index is -0.977. The molecular weight excluding hydrogens is 402 g/mol. The Hall–Kier alpha value is -3.00. The predicted octanol–water partition coefficient (Wildman–Crippen LogP) is 4.28. The number of carboxylic acids is 1. The lowest BCUT2D eigenvalue weighted by molar-refractivity contribution is -0.390. The van der Waals surface area contributed by atoms with E-state index in [2.05, 4.69) is 20.9 Å². The Morgan fingerprint density at radius 1 is 1.23 bits per heavy atom. The maximum absolute atomic E-state index is 11.4. The van der Waals surface area contributed by atoms with Gasteiger partial charge in [-0.25, -0.2) is 4.79 Å². The van der Waals surface area contributed by atoms with Crippen LogP contribution in [0.3, 0.4) is 0 Å². The van der Waals surface area contributed by atoms with E-state index in [9.17, 15) is 20.0 Å². The van der Waals surface area contributed by atoms with E-state index < -0.39 is 10.9 Å². The topological polar surface area (TPSA) is 98.3 Å². The van der Waals surface area contributed by atoms with Gasteiger partial charge in [0, 0.05) is 6.92 Å². The summed E-state index contributed by atoms with van der Waals surface area (Å²) in [4.78, 5) is 25.8. The van der Waals surface area contributed by atoms with Gasteiger partial charge in [0.15, 0.2) is 4.60 Å². The van der Waals surface area contributed by atoms with Crippen LogP contribution in [0.15, 0.2) is 53.1 Å². The lowest BCUT2D eigenvalue weighted by Gasteiger charge is -2.09. The summed E-state index contributed by atoms with van der Waals surface area (Å²) in [5.74, 6) is -0.659. The summed E-state index contributed by atoms with van der Waals surface area (Å²) in [6.45, 7) is 2.11. The van der Waals surface area contributed by atoms with Crippen molar-refractivity contribution < 1.29 is 14.8 Å². The molecular formula is C18H14BrN3O4. The highest BCUT2D eigenvalue weighted by atomic mass is 79.9. The molecule has 0 aliphatic heterocycles. The Morgan fingerprint density at radius 2 is 1.88 bits per heavy atom. The number of aromatic nitrogens is 2. The molecule has 26 heavy (non-hydrogen) atoms. The fourth-order valence-corrected chi connectivity index (χ4v) is 3.33. The summed E-state index contributed by atoms with van der Waals surface area (Å²) in [6.07, 6.45) is 0. The molecule has 0 bridgehead atoms. The molecule has 1 aromatic heterocycles. The van der Waals surface area contributed by atoms with Crippen molar-refractivity contribution in [1.29, 1.82) is 0 Å². The lowest BCUT2D eigenvalue weighted by atomic mass is 9.99. The fraction of sp³-hybridized carbons (Fsp3) is 0.111. The Balaban J connectivity index is 1.90. The van der Waals surface area contributed by atoms with Gasteiger partial charge in [0.05, 0.1) is 12.1 Å². The maximum atomic E-state index is 11.4. The zero-order chi connectivity index (χ0) is 18.8. The fourth-order valence-electron chi connectivity index (χ4n) is 2.72. The number of imidazole rings is 1. The smallest absolute Gasteiger partial charge is 0.396 e. The summed E-state index contributed by atoms with van der Waals surface area (Å²) in [5, 5.41) is 20.3. The zero-order valence-corrected chi connectivity index (χ0v) is 15.3. The third kappa shape index (κ3) is 3.36.